The van der Waals surface area contributed by atoms with Crippen LogP contribution < -0.4 is 15.4 Å². The molecular weight excluding hydrogens is 416 g/mol. The van der Waals surface area contributed by atoms with Gasteiger partial charge >= 0.3 is 5.97 Å². The fraction of sp³-hybridized carbons (Fsp3) is 0.250. The van der Waals surface area contributed by atoms with Crippen molar-refractivity contribution in [3.8, 4) is 22.8 Å². The number of hydrogen-bond donors (Lipinski definition) is 2. The van der Waals surface area contributed by atoms with Gasteiger partial charge in [-0.3, -0.25) is 0 Å². The number of aliphatic carboxylic acids is 1. The summed E-state index contributed by atoms with van der Waals surface area (Å²) in [4.78, 5) is 16.8. The number of hydrogen-bond acceptors (Lipinski definition) is 5. The molecular formula is C24H23F2N3O3. The molecule has 32 heavy (non-hydrogen) atoms. The maximum absolute atomic E-state index is 14.5. The molecule has 1 saturated heterocycles. The minimum atomic E-state index is -1.07. The van der Waals surface area contributed by atoms with Crippen molar-refractivity contribution in [1.29, 1.82) is 0 Å². The van der Waals surface area contributed by atoms with Gasteiger partial charge in [0, 0.05) is 19.2 Å². The van der Waals surface area contributed by atoms with Gasteiger partial charge in [0.1, 0.15) is 11.8 Å². The van der Waals surface area contributed by atoms with Gasteiger partial charge in [0.15, 0.2) is 17.5 Å². The molecule has 8 heteroatoms. The number of aryl methyl sites for hydroxylation is 1. The Morgan fingerprint density at radius 1 is 1.19 bits per heavy atom. The minimum absolute atomic E-state index is 0.227. The third kappa shape index (κ3) is 4.40. The lowest BCUT2D eigenvalue weighted by Crippen LogP contribution is -2.37. The topological polar surface area (TPSA) is 88.7 Å². The van der Waals surface area contributed by atoms with Gasteiger partial charge in [-0.25, -0.2) is 13.6 Å². The van der Waals surface area contributed by atoms with E-state index in [0.29, 0.717) is 37.7 Å². The van der Waals surface area contributed by atoms with Crippen LogP contribution >= 0.6 is 0 Å². The van der Waals surface area contributed by atoms with Crippen molar-refractivity contribution in [2.24, 2.45) is 5.73 Å². The molecule has 2 heterocycles. The molecule has 3 aromatic rings. The van der Waals surface area contributed by atoms with E-state index < -0.39 is 29.5 Å². The van der Waals surface area contributed by atoms with E-state index in [2.05, 4.69) is 4.98 Å². The lowest BCUT2D eigenvalue weighted by atomic mass is 10.0. The van der Waals surface area contributed by atoms with E-state index in [4.69, 9.17) is 10.5 Å². The Labute approximate surface area is 184 Å². The molecule has 4 rings (SSSR count). The molecule has 1 aromatic heterocycles. The Balaban J connectivity index is 1.68. The maximum atomic E-state index is 14.5. The number of nitrogens with zero attached hydrogens (tertiary/aromatic N) is 2. The van der Waals surface area contributed by atoms with E-state index in [9.17, 15) is 18.7 Å². The fourth-order valence-corrected chi connectivity index (χ4v) is 3.95. The highest BCUT2D eigenvalue weighted by atomic mass is 19.1. The van der Waals surface area contributed by atoms with Crippen LogP contribution in [0.15, 0.2) is 48.5 Å². The predicted molar refractivity (Wildman–Crippen MR) is 117 cm³/mol. The zero-order chi connectivity index (χ0) is 22.8. The first-order valence-electron chi connectivity index (χ1n) is 10.3. The van der Waals surface area contributed by atoms with Gasteiger partial charge in [-0.05, 0) is 60.2 Å². The molecule has 6 nitrogen and oxygen atoms in total. The lowest BCUT2D eigenvalue weighted by Gasteiger charge is -2.23. The number of pyridine rings is 1. The first-order valence-corrected chi connectivity index (χ1v) is 10.3. The van der Waals surface area contributed by atoms with Crippen LogP contribution in [0.5, 0.6) is 11.6 Å². The number of carbonyl (C=O) groups is 1. The van der Waals surface area contributed by atoms with Gasteiger partial charge in [-0.1, -0.05) is 24.3 Å². The molecule has 166 valence electrons. The zero-order valence-electron chi connectivity index (χ0n) is 17.5. The maximum Gasteiger partial charge on any atom is 0.326 e. The number of rotatable bonds is 6. The van der Waals surface area contributed by atoms with Crippen molar-refractivity contribution >= 4 is 11.8 Å². The zero-order valence-corrected chi connectivity index (χ0v) is 17.5. The van der Waals surface area contributed by atoms with Gasteiger partial charge in [-0.15, -0.1) is 0 Å². The van der Waals surface area contributed by atoms with Crippen molar-refractivity contribution in [3.05, 3.63) is 71.3 Å². The summed E-state index contributed by atoms with van der Waals surface area (Å²) in [6, 6.07) is 12.9. The van der Waals surface area contributed by atoms with E-state index in [1.54, 1.807) is 12.1 Å². The molecule has 1 aliphatic heterocycles. The van der Waals surface area contributed by atoms with Crippen molar-refractivity contribution in [3.63, 3.8) is 0 Å². The van der Waals surface area contributed by atoms with Gasteiger partial charge in [0.25, 0.3) is 5.88 Å². The third-order valence-electron chi connectivity index (χ3n) is 5.45. The highest BCUT2D eigenvalue weighted by molar-refractivity contribution is 5.78. The van der Waals surface area contributed by atoms with E-state index in [0.717, 1.165) is 22.3 Å². The number of aromatic nitrogens is 1. The van der Waals surface area contributed by atoms with Crippen LogP contribution in [0.3, 0.4) is 0 Å². The summed E-state index contributed by atoms with van der Waals surface area (Å²) in [6.45, 7) is 2.60. The molecule has 0 saturated carbocycles. The molecule has 0 unspecified atom stereocenters. The standard InChI is InChI=1S/C24H23F2N3O3/c1-14-8-17(16-5-2-4-15(10-16)13-27)11-18(9-14)32-23-20(26)12-19(25)22(28-23)29-7-3-6-21(29)24(30)31/h2,4-5,8-12,21H,3,6-7,13,27H2,1H3,(H,30,31)/t21-/m1/s1. The van der Waals surface area contributed by atoms with Crippen molar-refractivity contribution < 1.29 is 23.4 Å². The SMILES string of the molecule is Cc1cc(Oc2nc(N3CCC[C@@H]3C(=O)O)c(F)cc2F)cc(-c2cccc(CN)c2)c1. The van der Waals surface area contributed by atoms with Crippen LogP contribution in [0.4, 0.5) is 14.6 Å². The number of benzene rings is 2. The number of carboxylic acid groups (broad SMARTS) is 1. The Morgan fingerprint density at radius 3 is 2.75 bits per heavy atom. The third-order valence-corrected chi connectivity index (χ3v) is 5.45. The highest BCUT2D eigenvalue weighted by Gasteiger charge is 2.34. The molecule has 1 fully saturated rings. The molecule has 0 spiro atoms. The second kappa shape index (κ2) is 8.92. The van der Waals surface area contributed by atoms with Crippen molar-refractivity contribution in [2.45, 2.75) is 32.4 Å². The van der Waals surface area contributed by atoms with Crippen LogP contribution in [0.1, 0.15) is 24.0 Å². The van der Waals surface area contributed by atoms with Crippen LogP contribution in [-0.4, -0.2) is 28.6 Å². The summed E-state index contributed by atoms with van der Waals surface area (Å²) in [5.41, 5.74) is 9.37. The second-order valence-electron chi connectivity index (χ2n) is 7.81. The van der Waals surface area contributed by atoms with Gasteiger partial charge < -0.3 is 20.5 Å². The van der Waals surface area contributed by atoms with Gasteiger partial charge in [0.2, 0.25) is 0 Å². The normalized spacial score (nSPS) is 15.8. The van der Waals surface area contributed by atoms with Gasteiger partial charge in [-0.2, -0.15) is 4.98 Å². The summed E-state index contributed by atoms with van der Waals surface area (Å²) in [7, 11) is 0. The van der Waals surface area contributed by atoms with Crippen molar-refractivity contribution in [2.75, 3.05) is 11.4 Å². The molecule has 0 bridgehead atoms. The summed E-state index contributed by atoms with van der Waals surface area (Å²) < 4.78 is 34.7. The van der Waals surface area contributed by atoms with Crippen LogP contribution in [-0.2, 0) is 11.3 Å². The number of halogens is 2. The van der Waals surface area contributed by atoms with E-state index in [-0.39, 0.29) is 5.82 Å². The Hall–Kier alpha value is -3.52. The van der Waals surface area contributed by atoms with Crippen molar-refractivity contribution in [1.82, 2.24) is 4.98 Å². The number of carboxylic acids is 1. The van der Waals surface area contributed by atoms with Crippen LogP contribution in [0, 0.1) is 18.6 Å². The molecule has 3 N–H and O–H groups in total. The summed E-state index contributed by atoms with van der Waals surface area (Å²) in [6.07, 6.45) is 0.946. The molecule has 0 aliphatic carbocycles. The Bertz CT molecular complexity index is 1170. The number of nitrogens with two attached hydrogens (primary N) is 1. The van der Waals surface area contributed by atoms with E-state index in [1.807, 2.05) is 37.3 Å². The Morgan fingerprint density at radius 2 is 2.00 bits per heavy atom. The van der Waals surface area contributed by atoms with E-state index in [1.165, 1.54) is 4.90 Å². The van der Waals surface area contributed by atoms with Crippen LogP contribution in [0.25, 0.3) is 11.1 Å². The average Bonchev–Trinajstić information content (AvgIpc) is 3.25. The fourth-order valence-electron chi connectivity index (χ4n) is 3.95. The number of anilines is 1. The molecule has 0 radical (unpaired) electrons. The Kier molecular flexibility index (Phi) is 6.05. The molecule has 0 amide bonds. The first kappa shape index (κ1) is 21.7. The average molecular weight is 439 g/mol. The van der Waals surface area contributed by atoms with Gasteiger partial charge in [0.05, 0.1) is 0 Å². The highest BCUT2D eigenvalue weighted by Crippen LogP contribution is 2.33. The number of ether oxygens (including phenoxy) is 1. The van der Waals surface area contributed by atoms with Crippen LogP contribution in [0.2, 0.25) is 0 Å². The molecule has 1 aliphatic rings. The monoisotopic (exact) mass is 439 g/mol. The smallest absolute Gasteiger partial charge is 0.326 e. The molecule has 1 atom stereocenters. The first-order chi connectivity index (χ1) is 15.4. The largest absolute Gasteiger partial charge is 0.480 e. The minimum Gasteiger partial charge on any atom is -0.480 e. The van der Waals surface area contributed by atoms with E-state index >= 15 is 0 Å². The quantitative estimate of drug-likeness (QED) is 0.582. The predicted octanol–water partition coefficient (Wildman–Crippen LogP) is 4.64. The lowest BCUT2D eigenvalue weighted by molar-refractivity contribution is -0.138. The molecule has 2 aromatic carbocycles. The summed E-state index contributed by atoms with van der Waals surface area (Å²) in [5, 5.41) is 9.40. The summed E-state index contributed by atoms with van der Waals surface area (Å²) >= 11 is 0. The summed E-state index contributed by atoms with van der Waals surface area (Å²) in [5.74, 6) is -3.27. The second-order valence-corrected chi connectivity index (χ2v) is 7.81.